The lowest BCUT2D eigenvalue weighted by Gasteiger charge is -2.16. The second kappa shape index (κ2) is 8.50. The summed E-state index contributed by atoms with van der Waals surface area (Å²) in [6, 6.07) is 14.2. The van der Waals surface area contributed by atoms with Crippen LogP contribution >= 0.6 is 11.6 Å². The minimum atomic E-state index is -4.81. The summed E-state index contributed by atoms with van der Waals surface area (Å²) in [6.07, 6.45) is -4.12. The van der Waals surface area contributed by atoms with Gasteiger partial charge >= 0.3 is 6.36 Å². The molecule has 2 aromatic carbocycles. The first-order chi connectivity index (χ1) is 14.8. The second-order valence-electron chi connectivity index (χ2n) is 7.13. The van der Waals surface area contributed by atoms with Gasteiger partial charge in [-0.1, -0.05) is 29.8 Å². The summed E-state index contributed by atoms with van der Waals surface area (Å²) in [4.78, 5) is 14.5. The standard InChI is InChI=1S/C21H18ClF3N4O2/c22-15-6-4-13(5-7-15)18-11-19(28-27-18)29-9-8-16(12-29)26-20(30)14-2-1-3-17(10-14)31-21(23,24)25/h1-7,10-11,16H,8-9,12H2,(H,26,30)(H,27,28)/t16-/m1/s1. The maximum absolute atomic E-state index is 12.5. The van der Waals surface area contributed by atoms with Gasteiger partial charge in [-0.05, 0) is 42.3 Å². The van der Waals surface area contributed by atoms with Crippen LogP contribution in [0.25, 0.3) is 11.3 Å². The Labute approximate surface area is 181 Å². The van der Waals surface area contributed by atoms with Crippen molar-refractivity contribution in [3.63, 3.8) is 0 Å². The maximum Gasteiger partial charge on any atom is 0.573 e. The Balaban J connectivity index is 1.37. The van der Waals surface area contributed by atoms with E-state index in [1.54, 1.807) is 12.1 Å². The lowest BCUT2D eigenvalue weighted by Crippen LogP contribution is -2.37. The monoisotopic (exact) mass is 450 g/mol. The number of H-pyrrole nitrogens is 1. The molecule has 0 bridgehead atoms. The molecule has 1 aromatic heterocycles. The molecule has 0 unspecified atom stereocenters. The molecule has 6 nitrogen and oxygen atoms in total. The number of alkyl halides is 3. The summed E-state index contributed by atoms with van der Waals surface area (Å²) in [5, 5.41) is 10.9. The van der Waals surface area contributed by atoms with Gasteiger partial charge in [0.25, 0.3) is 5.91 Å². The minimum Gasteiger partial charge on any atom is -0.406 e. The number of carbonyl (C=O) groups is 1. The van der Waals surface area contributed by atoms with E-state index in [1.807, 2.05) is 23.1 Å². The molecule has 2 heterocycles. The van der Waals surface area contributed by atoms with E-state index in [2.05, 4.69) is 20.3 Å². The number of nitrogens with one attached hydrogen (secondary N) is 2. The first kappa shape index (κ1) is 21.0. The van der Waals surface area contributed by atoms with E-state index in [9.17, 15) is 18.0 Å². The zero-order chi connectivity index (χ0) is 22.0. The molecule has 1 atom stereocenters. The van der Waals surface area contributed by atoms with Crippen LogP contribution in [0.5, 0.6) is 5.75 Å². The quantitative estimate of drug-likeness (QED) is 0.594. The first-order valence-corrected chi connectivity index (χ1v) is 9.87. The summed E-state index contributed by atoms with van der Waals surface area (Å²) < 4.78 is 41.0. The number of nitrogens with zero attached hydrogens (tertiary/aromatic N) is 2. The van der Waals surface area contributed by atoms with Gasteiger partial charge in [-0.3, -0.25) is 9.89 Å². The molecule has 0 spiro atoms. The second-order valence-corrected chi connectivity index (χ2v) is 7.56. The molecule has 1 amide bonds. The SMILES string of the molecule is O=C(N[C@@H]1CCN(c2cc(-c3ccc(Cl)cc3)[nH]n2)C1)c1cccc(OC(F)(F)F)c1. The molecule has 3 aromatic rings. The molecule has 162 valence electrons. The number of rotatable bonds is 5. The van der Waals surface area contributed by atoms with Gasteiger partial charge in [0.2, 0.25) is 0 Å². The molecule has 1 fully saturated rings. The summed E-state index contributed by atoms with van der Waals surface area (Å²) in [5.74, 6) is -0.134. The van der Waals surface area contributed by atoms with Gasteiger partial charge in [-0.25, -0.2) is 0 Å². The van der Waals surface area contributed by atoms with Crippen LogP contribution in [-0.4, -0.2) is 41.6 Å². The highest BCUT2D eigenvalue weighted by atomic mass is 35.5. The number of benzene rings is 2. The van der Waals surface area contributed by atoms with Crippen LogP contribution in [-0.2, 0) is 0 Å². The third kappa shape index (κ3) is 5.29. The molecule has 0 saturated carbocycles. The third-order valence-electron chi connectivity index (χ3n) is 4.90. The molecular weight excluding hydrogens is 433 g/mol. The van der Waals surface area contributed by atoms with Crippen LogP contribution in [0.3, 0.4) is 0 Å². The molecule has 1 saturated heterocycles. The van der Waals surface area contributed by atoms with Crippen molar-refractivity contribution in [2.24, 2.45) is 0 Å². The van der Waals surface area contributed by atoms with E-state index in [4.69, 9.17) is 11.6 Å². The number of hydrogen-bond acceptors (Lipinski definition) is 4. The molecule has 4 rings (SSSR count). The highest BCUT2D eigenvalue weighted by Crippen LogP contribution is 2.26. The average Bonchev–Trinajstić information content (AvgIpc) is 3.37. The lowest BCUT2D eigenvalue weighted by molar-refractivity contribution is -0.274. The Bertz CT molecular complexity index is 1070. The highest BCUT2D eigenvalue weighted by molar-refractivity contribution is 6.30. The maximum atomic E-state index is 12.5. The fourth-order valence-corrected chi connectivity index (χ4v) is 3.57. The Morgan fingerprint density at radius 2 is 1.97 bits per heavy atom. The fourth-order valence-electron chi connectivity index (χ4n) is 3.44. The van der Waals surface area contributed by atoms with Gasteiger partial charge in [-0.2, -0.15) is 5.10 Å². The number of aromatic amines is 1. The van der Waals surface area contributed by atoms with Crippen molar-refractivity contribution in [3.8, 4) is 17.0 Å². The van der Waals surface area contributed by atoms with E-state index in [-0.39, 0.29) is 11.6 Å². The molecule has 2 N–H and O–H groups in total. The lowest BCUT2D eigenvalue weighted by atomic mass is 10.1. The predicted octanol–water partition coefficient (Wildman–Crippen LogP) is 4.64. The molecule has 0 aliphatic carbocycles. The average molecular weight is 451 g/mol. The fraction of sp³-hybridized carbons (Fsp3) is 0.238. The van der Waals surface area contributed by atoms with E-state index in [0.717, 1.165) is 29.2 Å². The van der Waals surface area contributed by atoms with E-state index < -0.39 is 18.0 Å². The number of amides is 1. The van der Waals surface area contributed by atoms with Gasteiger partial charge in [-0.15, -0.1) is 13.2 Å². The molecule has 1 aliphatic heterocycles. The Morgan fingerprint density at radius 3 is 2.71 bits per heavy atom. The Hall–Kier alpha value is -3.20. The number of hydrogen-bond donors (Lipinski definition) is 2. The predicted molar refractivity (Wildman–Crippen MR) is 110 cm³/mol. The minimum absolute atomic E-state index is 0.102. The van der Waals surface area contributed by atoms with Crippen LogP contribution in [0, 0.1) is 0 Å². The number of carbonyl (C=O) groups excluding carboxylic acids is 1. The normalized spacial score (nSPS) is 16.4. The zero-order valence-corrected chi connectivity index (χ0v) is 16.9. The van der Waals surface area contributed by atoms with E-state index in [1.165, 1.54) is 12.1 Å². The summed E-state index contributed by atoms with van der Waals surface area (Å²) in [6.45, 7) is 1.22. The molecule has 1 aliphatic rings. The van der Waals surface area contributed by atoms with Crippen molar-refractivity contribution < 1.29 is 22.7 Å². The smallest absolute Gasteiger partial charge is 0.406 e. The Morgan fingerprint density at radius 1 is 1.19 bits per heavy atom. The van der Waals surface area contributed by atoms with Gasteiger partial charge in [0, 0.05) is 35.8 Å². The molecular formula is C21H18ClF3N4O2. The Kier molecular flexibility index (Phi) is 5.77. The van der Waals surface area contributed by atoms with Gasteiger partial charge in [0.15, 0.2) is 5.82 Å². The summed E-state index contributed by atoms with van der Waals surface area (Å²) in [7, 11) is 0. The number of halogens is 4. The van der Waals surface area contributed by atoms with E-state index >= 15 is 0 Å². The first-order valence-electron chi connectivity index (χ1n) is 9.50. The van der Waals surface area contributed by atoms with E-state index in [0.29, 0.717) is 24.5 Å². The molecule has 0 radical (unpaired) electrons. The van der Waals surface area contributed by atoms with Crippen LogP contribution in [0.15, 0.2) is 54.6 Å². The van der Waals surface area contributed by atoms with Crippen LogP contribution < -0.4 is 15.0 Å². The van der Waals surface area contributed by atoms with Crippen molar-refractivity contribution in [1.82, 2.24) is 15.5 Å². The zero-order valence-electron chi connectivity index (χ0n) is 16.1. The van der Waals surface area contributed by atoms with Crippen molar-refractivity contribution in [1.29, 1.82) is 0 Å². The third-order valence-corrected chi connectivity index (χ3v) is 5.15. The topological polar surface area (TPSA) is 70.2 Å². The number of ether oxygens (including phenoxy) is 1. The number of aromatic nitrogens is 2. The molecule has 31 heavy (non-hydrogen) atoms. The highest BCUT2D eigenvalue weighted by Gasteiger charge is 2.31. The van der Waals surface area contributed by atoms with Gasteiger partial charge in [0.05, 0.1) is 5.69 Å². The largest absolute Gasteiger partial charge is 0.573 e. The van der Waals surface area contributed by atoms with Crippen LogP contribution in [0.1, 0.15) is 16.8 Å². The van der Waals surface area contributed by atoms with Crippen molar-refractivity contribution in [3.05, 3.63) is 65.2 Å². The summed E-state index contributed by atoms with van der Waals surface area (Å²) in [5.41, 5.74) is 1.90. The van der Waals surface area contributed by atoms with Crippen molar-refractivity contribution in [2.75, 3.05) is 18.0 Å². The van der Waals surface area contributed by atoms with Gasteiger partial charge in [0.1, 0.15) is 5.75 Å². The van der Waals surface area contributed by atoms with Crippen LogP contribution in [0.4, 0.5) is 19.0 Å². The van der Waals surface area contributed by atoms with Crippen molar-refractivity contribution >= 4 is 23.3 Å². The molecule has 10 heteroatoms. The van der Waals surface area contributed by atoms with Gasteiger partial charge < -0.3 is 15.0 Å². The van der Waals surface area contributed by atoms with Crippen LogP contribution in [0.2, 0.25) is 5.02 Å². The summed E-state index contributed by atoms with van der Waals surface area (Å²) >= 11 is 5.92. The van der Waals surface area contributed by atoms with Crippen molar-refractivity contribution in [2.45, 2.75) is 18.8 Å². The number of anilines is 1.